The minimum atomic E-state index is -0.466. The van der Waals surface area contributed by atoms with Gasteiger partial charge in [0.2, 0.25) is 5.91 Å². The third-order valence-corrected chi connectivity index (χ3v) is 5.15. The lowest BCUT2D eigenvalue weighted by Gasteiger charge is -2.20. The fraction of sp³-hybridized carbons (Fsp3) is 0.450. The minimum Gasteiger partial charge on any atom is -0.450 e. The zero-order valence-corrected chi connectivity index (χ0v) is 17.9. The van der Waals surface area contributed by atoms with Gasteiger partial charge < -0.3 is 15.4 Å². The number of hydrogen-bond donors (Lipinski definition) is 2. The van der Waals surface area contributed by atoms with Crippen molar-refractivity contribution in [2.45, 2.75) is 39.7 Å². The highest BCUT2D eigenvalue weighted by atomic mass is 35.5. The van der Waals surface area contributed by atoms with Gasteiger partial charge >= 0.3 is 6.09 Å². The molecule has 0 bridgehead atoms. The highest BCUT2D eigenvalue weighted by molar-refractivity contribution is 7.13. The third kappa shape index (κ3) is 7.13. The van der Waals surface area contributed by atoms with Crippen molar-refractivity contribution < 1.29 is 14.3 Å². The zero-order chi connectivity index (χ0) is 20.5. The summed E-state index contributed by atoms with van der Waals surface area (Å²) < 4.78 is 4.93. The zero-order valence-electron chi connectivity index (χ0n) is 16.3. The van der Waals surface area contributed by atoms with E-state index in [1.54, 1.807) is 6.92 Å². The van der Waals surface area contributed by atoms with Gasteiger partial charge in [-0.05, 0) is 25.3 Å². The average Bonchev–Trinajstić information content (AvgIpc) is 3.08. The molecule has 0 radical (unpaired) electrons. The lowest BCUT2D eigenvalue weighted by molar-refractivity contribution is -0.120. The number of carbonyl (C=O) groups is 2. The monoisotopic (exact) mass is 423 g/mol. The molecule has 2 aromatic rings. The van der Waals surface area contributed by atoms with Crippen LogP contribution >= 0.6 is 22.9 Å². The standard InChI is InChI=1S/C20H26ClN3O3S/c1-4-27-20(26)24-14(9-13(2)3)11-22-18(25)10-15-12-28-19(23-15)16-7-5-6-8-17(16)21/h5-8,12-14H,4,9-11H2,1-3H3,(H,22,25)(H,24,26). The molecule has 0 fully saturated rings. The Labute approximate surface area is 174 Å². The molecule has 0 aliphatic heterocycles. The number of amides is 2. The molecule has 1 aromatic heterocycles. The van der Waals surface area contributed by atoms with E-state index in [0.717, 1.165) is 17.0 Å². The van der Waals surface area contributed by atoms with Gasteiger partial charge in [-0.1, -0.05) is 43.6 Å². The van der Waals surface area contributed by atoms with Gasteiger partial charge in [0.1, 0.15) is 5.01 Å². The Morgan fingerprint density at radius 3 is 2.71 bits per heavy atom. The molecule has 6 nitrogen and oxygen atoms in total. The van der Waals surface area contributed by atoms with Crippen LogP contribution in [-0.2, 0) is 16.0 Å². The molecule has 2 N–H and O–H groups in total. The van der Waals surface area contributed by atoms with Crippen LogP contribution in [0.1, 0.15) is 32.9 Å². The molecule has 1 unspecified atom stereocenters. The van der Waals surface area contributed by atoms with Crippen LogP contribution in [0.4, 0.5) is 4.79 Å². The van der Waals surface area contributed by atoms with E-state index in [1.165, 1.54) is 11.3 Å². The number of hydrogen-bond acceptors (Lipinski definition) is 5. The number of benzene rings is 1. The van der Waals surface area contributed by atoms with Gasteiger partial charge in [-0.25, -0.2) is 9.78 Å². The summed E-state index contributed by atoms with van der Waals surface area (Å²) in [6, 6.07) is 7.31. The molecule has 0 saturated heterocycles. The van der Waals surface area contributed by atoms with Gasteiger partial charge in [-0.15, -0.1) is 11.3 Å². The Morgan fingerprint density at radius 2 is 2.04 bits per heavy atom. The SMILES string of the molecule is CCOC(=O)NC(CNC(=O)Cc1csc(-c2ccccc2Cl)n1)CC(C)C. The molecule has 8 heteroatoms. The third-order valence-electron chi connectivity index (χ3n) is 3.90. The van der Waals surface area contributed by atoms with E-state index in [4.69, 9.17) is 16.3 Å². The number of carbonyl (C=O) groups excluding carboxylic acids is 2. The Morgan fingerprint density at radius 1 is 1.29 bits per heavy atom. The molecule has 0 saturated carbocycles. The van der Waals surface area contributed by atoms with E-state index in [1.807, 2.05) is 29.6 Å². The Bertz CT molecular complexity index is 795. The van der Waals surface area contributed by atoms with Crippen molar-refractivity contribution in [3.63, 3.8) is 0 Å². The molecule has 0 spiro atoms. The van der Waals surface area contributed by atoms with Crippen LogP contribution in [-0.4, -0.2) is 36.2 Å². The number of aromatic nitrogens is 1. The van der Waals surface area contributed by atoms with E-state index >= 15 is 0 Å². The second kappa shape index (κ2) is 11.0. The second-order valence-corrected chi connectivity index (χ2v) is 8.06. The van der Waals surface area contributed by atoms with Crippen molar-refractivity contribution in [1.29, 1.82) is 0 Å². The number of ether oxygens (including phenoxy) is 1. The lowest BCUT2D eigenvalue weighted by atomic mass is 10.0. The minimum absolute atomic E-state index is 0.143. The van der Waals surface area contributed by atoms with Gasteiger partial charge in [0.15, 0.2) is 0 Å². The molecular formula is C20H26ClN3O3S. The number of thiazole rings is 1. The van der Waals surface area contributed by atoms with Gasteiger partial charge in [0.25, 0.3) is 0 Å². The van der Waals surface area contributed by atoms with Gasteiger partial charge in [-0.3, -0.25) is 4.79 Å². The topological polar surface area (TPSA) is 80.3 Å². The van der Waals surface area contributed by atoms with Crippen LogP contribution in [0.15, 0.2) is 29.6 Å². The number of rotatable bonds is 9. The van der Waals surface area contributed by atoms with Gasteiger partial charge in [0.05, 0.1) is 23.7 Å². The number of nitrogens with zero attached hydrogens (tertiary/aromatic N) is 1. The smallest absolute Gasteiger partial charge is 0.407 e. The Hall–Kier alpha value is -2.12. The van der Waals surface area contributed by atoms with E-state index in [2.05, 4.69) is 29.5 Å². The van der Waals surface area contributed by atoms with Crippen LogP contribution in [0.5, 0.6) is 0 Å². The Balaban J connectivity index is 1.90. The van der Waals surface area contributed by atoms with E-state index in [-0.39, 0.29) is 18.4 Å². The van der Waals surface area contributed by atoms with Crippen molar-refractivity contribution in [2.75, 3.05) is 13.2 Å². The molecule has 152 valence electrons. The summed E-state index contributed by atoms with van der Waals surface area (Å²) >= 11 is 7.66. The van der Waals surface area contributed by atoms with Crippen LogP contribution in [0.3, 0.4) is 0 Å². The van der Waals surface area contributed by atoms with E-state index < -0.39 is 6.09 Å². The van der Waals surface area contributed by atoms with E-state index in [9.17, 15) is 9.59 Å². The molecule has 0 aliphatic carbocycles. The van der Waals surface area contributed by atoms with Gasteiger partial charge in [0, 0.05) is 23.5 Å². The van der Waals surface area contributed by atoms with Crippen LogP contribution < -0.4 is 10.6 Å². The van der Waals surface area contributed by atoms with Crippen LogP contribution in [0.25, 0.3) is 10.6 Å². The number of halogens is 1. The molecule has 1 heterocycles. The largest absolute Gasteiger partial charge is 0.450 e. The molecule has 2 rings (SSSR count). The summed E-state index contributed by atoms with van der Waals surface area (Å²) in [4.78, 5) is 28.5. The predicted molar refractivity (Wildman–Crippen MR) is 113 cm³/mol. The molecule has 1 atom stereocenters. The molecule has 0 aliphatic rings. The molecule has 1 aromatic carbocycles. The summed E-state index contributed by atoms with van der Waals surface area (Å²) in [7, 11) is 0. The van der Waals surface area contributed by atoms with E-state index in [0.29, 0.717) is 29.8 Å². The van der Waals surface area contributed by atoms with Crippen molar-refractivity contribution >= 4 is 34.9 Å². The summed E-state index contributed by atoms with van der Waals surface area (Å²) in [5, 5.41) is 8.95. The van der Waals surface area contributed by atoms with Crippen LogP contribution in [0, 0.1) is 5.92 Å². The molecular weight excluding hydrogens is 398 g/mol. The first-order valence-corrected chi connectivity index (χ1v) is 10.5. The predicted octanol–water partition coefficient (Wildman–Crippen LogP) is 4.28. The fourth-order valence-corrected chi connectivity index (χ4v) is 3.85. The summed E-state index contributed by atoms with van der Waals surface area (Å²) in [5.41, 5.74) is 1.55. The normalized spacial score (nSPS) is 11.9. The second-order valence-electron chi connectivity index (χ2n) is 6.80. The van der Waals surface area contributed by atoms with Crippen molar-refractivity contribution in [1.82, 2.24) is 15.6 Å². The van der Waals surface area contributed by atoms with Crippen molar-refractivity contribution in [3.8, 4) is 10.6 Å². The van der Waals surface area contributed by atoms with Crippen LogP contribution in [0.2, 0.25) is 5.02 Å². The highest BCUT2D eigenvalue weighted by Gasteiger charge is 2.17. The molecule has 2 amide bonds. The maximum atomic E-state index is 12.3. The summed E-state index contributed by atoms with van der Waals surface area (Å²) in [6.45, 7) is 6.53. The van der Waals surface area contributed by atoms with Crippen molar-refractivity contribution in [2.24, 2.45) is 5.92 Å². The first kappa shape index (κ1) is 22.2. The maximum absolute atomic E-state index is 12.3. The Kier molecular flexibility index (Phi) is 8.73. The number of alkyl carbamates (subject to hydrolysis) is 1. The first-order chi connectivity index (χ1) is 13.4. The fourth-order valence-electron chi connectivity index (χ4n) is 2.71. The van der Waals surface area contributed by atoms with Crippen molar-refractivity contribution in [3.05, 3.63) is 40.4 Å². The quantitative estimate of drug-likeness (QED) is 0.630. The summed E-state index contributed by atoms with van der Waals surface area (Å²) in [5.74, 6) is 0.232. The average molecular weight is 424 g/mol. The first-order valence-electron chi connectivity index (χ1n) is 9.28. The lowest BCUT2D eigenvalue weighted by Crippen LogP contribution is -2.44. The number of nitrogens with one attached hydrogen (secondary N) is 2. The maximum Gasteiger partial charge on any atom is 0.407 e. The van der Waals surface area contributed by atoms with Gasteiger partial charge in [-0.2, -0.15) is 0 Å². The highest BCUT2D eigenvalue weighted by Crippen LogP contribution is 2.30. The summed E-state index contributed by atoms with van der Waals surface area (Å²) in [6.07, 6.45) is 0.451. The molecule has 28 heavy (non-hydrogen) atoms.